The summed E-state index contributed by atoms with van der Waals surface area (Å²) in [6, 6.07) is 5.83. The molecule has 1 saturated heterocycles. The number of thioether (sulfide) groups is 1. The van der Waals surface area contributed by atoms with Crippen LogP contribution in [0.1, 0.15) is 36.3 Å². The lowest BCUT2D eigenvalue weighted by Gasteiger charge is -2.16. The Labute approximate surface area is 190 Å². The van der Waals surface area contributed by atoms with Crippen molar-refractivity contribution in [3.63, 3.8) is 0 Å². The van der Waals surface area contributed by atoms with Crippen molar-refractivity contribution < 1.29 is 9.59 Å². The van der Waals surface area contributed by atoms with Gasteiger partial charge in [0.2, 0.25) is 11.8 Å². The zero-order chi connectivity index (χ0) is 22.4. The van der Waals surface area contributed by atoms with Crippen molar-refractivity contribution in [1.82, 2.24) is 10.3 Å². The van der Waals surface area contributed by atoms with Crippen LogP contribution in [0.4, 0.5) is 10.8 Å². The van der Waals surface area contributed by atoms with Crippen LogP contribution in [0.25, 0.3) is 0 Å². The van der Waals surface area contributed by atoms with Gasteiger partial charge >= 0.3 is 0 Å². The zero-order valence-corrected chi connectivity index (χ0v) is 19.6. The molecule has 164 valence electrons. The van der Waals surface area contributed by atoms with Crippen LogP contribution >= 0.6 is 23.1 Å². The molecule has 2 heterocycles. The lowest BCUT2D eigenvalue weighted by atomic mass is 10.1. The third kappa shape index (κ3) is 5.92. The number of hydrogen-bond donors (Lipinski definition) is 2. The molecule has 10 heteroatoms. The van der Waals surface area contributed by atoms with Crippen LogP contribution in [0.3, 0.4) is 0 Å². The number of hydrogen-bond acceptors (Lipinski definition) is 8. The van der Waals surface area contributed by atoms with Crippen molar-refractivity contribution in [3.8, 4) is 0 Å². The molecule has 0 bridgehead atoms. The molecule has 3 rings (SSSR count). The number of nitrogens with one attached hydrogen (secondary N) is 2. The second-order valence-corrected chi connectivity index (χ2v) is 9.21. The van der Waals surface area contributed by atoms with Crippen LogP contribution in [0, 0.1) is 13.8 Å². The molecule has 0 spiro atoms. The van der Waals surface area contributed by atoms with E-state index in [1.807, 2.05) is 32.0 Å². The van der Waals surface area contributed by atoms with E-state index in [9.17, 15) is 9.59 Å². The predicted molar refractivity (Wildman–Crippen MR) is 129 cm³/mol. The summed E-state index contributed by atoms with van der Waals surface area (Å²) in [4.78, 5) is 32.1. The van der Waals surface area contributed by atoms with Crippen molar-refractivity contribution in [1.29, 1.82) is 0 Å². The second kappa shape index (κ2) is 10.5. The third-order valence-electron chi connectivity index (χ3n) is 4.77. The summed E-state index contributed by atoms with van der Waals surface area (Å²) in [5, 5.41) is 14.5. The van der Waals surface area contributed by atoms with Gasteiger partial charge in [0, 0.05) is 31.4 Å². The molecule has 1 aliphatic heterocycles. The maximum Gasteiger partial charge on any atom is 0.240 e. The van der Waals surface area contributed by atoms with Crippen LogP contribution in [-0.4, -0.2) is 46.5 Å². The van der Waals surface area contributed by atoms with Gasteiger partial charge in [-0.25, -0.2) is 4.98 Å². The van der Waals surface area contributed by atoms with Gasteiger partial charge in [0.05, 0.1) is 11.1 Å². The van der Waals surface area contributed by atoms with E-state index in [0.29, 0.717) is 5.17 Å². The van der Waals surface area contributed by atoms with Gasteiger partial charge in [-0.05, 0) is 38.8 Å². The number of amides is 2. The van der Waals surface area contributed by atoms with E-state index in [1.165, 1.54) is 23.1 Å². The summed E-state index contributed by atoms with van der Waals surface area (Å²) >= 11 is 2.75. The Morgan fingerprint density at radius 2 is 2.00 bits per heavy atom. The summed E-state index contributed by atoms with van der Waals surface area (Å²) in [7, 11) is 0. The van der Waals surface area contributed by atoms with Crippen molar-refractivity contribution in [3.05, 3.63) is 40.4 Å². The summed E-state index contributed by atoms with van der Waals surface area (Å²) < 4.78 is 0. The van der Waals surface area contributed by atoms with Crippen LogP contribution in [-0.2, 0) is 9.59 Å². The molecule has 1 atom stereocenters. The highest BCUT2D eigenvalue weighted by Gasteiger charge is 2.32. The van der Waals surface area contributed by atoms with Crippen LogP contribution in [0.15, 0.2) is 34.6 Å². The molecular weight excluding hydrogens is 432 g/mol. The van der Waals surface area contributed by atoms with Crippen molar-refractivity contribution in [2.24, 2.45) is 10.2 Å². The second-order valence-electron chi connectivity index (χ2n) is 6.98. The van der Waals surface area contributed by atoms with Crippen molar-refractivity contribution in [2.45, 2.75) is 39.4 Å². The number of aryl methyl sites for hydroxylation is 2. The molecule has 0 saturated carbocycles. The first-order valence-corrected chi connectivity index (χ1v) is 11.8. The fourth-order valence-electron chi connectivity index (χ4n) is 3.07. The molecular formula is C21H26N6O2S2. The van der Waals surface area contributed by atoms with Crippen LogP contribution in [0.5, 0.6) is 0 Å². The number of amidine groups is 1. The van der Waals surface area contributed by atoms with E-state index in [4.69, 9.17) is 0 Å². The fourth-order valence-corrected chi connectivity index (χ4v) is 4.90. The van der Waals surface area contributed by atoms with E-state index in [-0.39, 0.29) is 18.2 Å². The van der Waals surface area contributed by atoms with Gasteiger partial charge in [0.15, 0.2) is 10.3 Å². The molecule has 1 aliphatic rings. The average molecular weight is 459 g/mol. The summed E-state index contributed by atoms with van der Waals surface area (Å²) in [6.07, 6.45) is 3.43. The molecule has 8 nitrogen and oxygen atoms in total. The maximum absolute atomic E-state index is 12.4. The van der Waals surface area contributed by atoms with Gasteiger partial charge in [0.25, 0.3) is 0 Å². The Balaban J connectivity index is 1.56. The Kier molecular flexibility index (Phi) is 7.80. The molecule has 0 radical (unpaired) electrons. The van der Waals surface area contributed by atoms with Crippen LogP contribution < -0.4 is 15.5 Å². The van der Waals surface area contributed by atoms with E-state index >= 15 is 0 Å². The number of rotatable bonds is 8. The lowest BCUT2D eigenvalue weighted by Crippen LogP contribution is -2.28. The Morgan fingerprint density at radius 1 is 1.29 bits per heavy atom. The molecule has 2 N–H and O–H groups in total. The predicted octanol–water partition coefficient (Wildman–Crippen LogP) is 3.56. The minimum atomic E-state index is -0.532. The highest BCUT2D eigenvalue weighted by molar-refractivity contribution is 8.15. The van der Waals surface area contributed by atoms with E-state index < -0.39 is 5.25 Å². The smallest absolute Gasteiger partial charge is 0.240 e. The molecule has 2 aromatic rings. The Bertz CT molecular complexity index is 993. The number of benzene rings is 1. The molecule has 1 unspecified atom stereocenters. The number of aromatic nitrogens is 1. The van der Waals surface area contributed by atoms with Gasteiger partial charge in [-0.1, -0.05) is 41.3 Å². The standard InChI is InChI=1S/C21H26N6O2S2/c1-5-27(6-2)21-22-11-15(30-21)12-23-26-20-25-19(29)16(31-20)10-17(28)24-18-13(3)8-7-9-14(18)4/h7-9,11-12,16H,5-6,10H2,1-4H3,(H,24,28)(H,25,26,29). The quantitative estimate of drug-likeness (QED) is 0.466. The van der Waals surface area contributed by atoms with Gasteiger partial charge in [-0.2, -0.15) is 5.10 Å². The van der Waals surface area contributed by atoms with E-state index in [2.05, 4.69) is 44.6 Å². The van der Waals surface area contributed by atoms with Crippen molar-refractivity contribution in [2.75, 3.05) is 23.3 Å². The van der Waals surface area contributed by atoms with E-state index in [0.717, 1.165) is 39.9 Å². The van der Waals surface area contributed by atoms with Crippen molar-refractivity contribution >= 4 is 57.1 Å². The lowest BCUT2D eigenvalue weighted by molar-refractivity contribution is -0.122. The minimum Gasteiger partial charge on any atom is -0.349 e. The number of para-hydroxylation sites is 1. The van der Waals surface area contributed by atoms with Gasteiger partial charge < -0.3 is 15.5 Å². The topological polar surface area (TPSA) is 99.1 Å². The fraction of sp³-hybridized carbons (Fsp3) is 0.381. The summed E-state index contributed by atoms with van der Waals surface area (Å²) in [6.45, 7) is 9.84. The SMILES string of the molecule is CCN(CC)c1ncc(C=N/N=C2\NC(=O)C(CC(=O)Nc3c(C)cccc3C)S2)s1. The highest BCUT2D eigenvalue weighted by Crippen LogP contribution is 2.25. The normalized spacial score (nSPS) is 17.4. The molecule has 0 aliphatic carbocycles. The average Bonchev–Trinajstić information content (AvgIpc) is 3.33. The first kappa shape index (κ1) is 23.0. The summed E-state index contributed by atoms with van der Waals surface area (Å²) in [5.74, 6) is -0.444. The molecule has 2 amide bonds. The molecule has 1 fully saturated rings. The van der Waals surface area contributed by atoms with Gasteiger partial charge in [0.1, 0.15) is 5.25 Å². The minimum absolute atomic E-state index is 0.0646. The third-order valence-corrected chi connectivity index (χ3v) is 6.84. The highest BCUT2D eigenvalue weighted by atomic mass is 32.2. The first-order chi connectivity index (χ1) is 14.9. The summed E-state index contributed by atoms with van der Waals surface area (Å²) in [5.41, 5.74) is 2.77. The largest absolute Gasteiger partial charge is 0.349 e. The monoisotopic (exact) mass is 458 g/mol. The van der Waals surface area contributed by atoms with Gasteiger partial charge in [-0.15, -0.1) is 5.10 Å². The number of anilines is 2. The Morgan fingerprint density at radius 3 is 2.68 bits per heavy atom. The number of nitrogens with zero attached hydrogens (tertiary/aromatic N) is 4. The van der Waals surface area contributed by atoms with E-state index in [1.54, 1.807) is 12.4 Å². The van der Waals surface area contributed by atoms with Gasteiger partial charge in [-0.3, -0.25) is 9.59 Å². The van der Waals surface area contributed by atoms with Crippen LogP contribution in [0.2, 0.25) is 0 Å². The molecule has 31 heavy (non-hydrogen) atoms. The first-order valence-electron chi connectivity index (χ1n) is 10.1. The number of carbonyl (C=O) groups is 2. The molecule has 1 aromatic heterocycles. The number of thiazole rings is 1. The Hall–Kier alpha value is -2.72. The number of carbonyl (C=O) groups excluding carboxylic acids is 2. The zero-order valence-electron chi connectivity index (χ0n) is 18.0. The maximum atomic E-state index is 12.4. The molecule has 1 aromatic carbocycles.